The summed E-state index contributed by atoms with van der Waals surface area (Å²) in [6.45, 7) is 9.83. The molecular weight excluding hydrogens is 449 g/mol. The van der Waals surface area contributed by atoms with Gasteiger partial charge in [0.1, 0.15) is 0 Å². The Morgan fingerprint density at radius 3 is 2.26 bits per heavy atom. The molecule has 0 bridgehead atoms. The van der Waals surface area contributed by atoms with E-state index in [-0.39, 0.29) is 6.03 Å². The van der Waals surface area contributed by atoms with E-state index >= 15 is 0 Å². The molecule has 190 valence electrons. The summed E-state index contributed by atoms with van der Waals surface area (Å²) in [7, 11) is 0. The SMILES string of the molecule is Cc1cc(NC(=O)N2CCCCC2)ccc1N1CCC(N2CCCC2C)C1.O=C(O)C(F)(F)F. The molecule has 0 spiro atoms. The molecule has 3 heterocycles. The first-order chi connectivity index (χ1) is 16.1. The van der Waals surface area contributed by atoms with Crippen LogP contribution in [0.25, 0.3) is 0 Å². The van der Waals surface area contributed by atoms with E-state index in [2.05, 4.69) is 47.2 Å². The number of carboxylic acid groups (broad SMARTS) is 1. The van der Waals surface area contributed by atoms with Gasteiger partial charge in [-0.05, 0) is 82.7 Å². The highest BCUT2D eigenvalue weighted by Crippen LogP contribution is 2.31. The number of urea groups is 1. The Hall–Kier alpha value is -2.49. The predicted molar refractivity (Wildman–Crippen MR) is 125 cm³/mol. The summed E-state index contributed by atoms with van der Waals surface area (Å²) in [6, 6.07) is 7.87. The van der Waals surface area contributed by atoms with Gasteiger partial charge in [0.05, 0.1) is 0 Å². The Labute approximate surface area is 198 Å². The van der Waals surface area contributed by atoms with Crippen LogP contribution in [0, 0.1) is 6.92 Å². The van der Waals surface area contributed by atoms with E-state index < -0.39 is 12.1 Å². The molecule has 2 amide bonds. The van der Waals surface area contributed by atoms with Gasteiger partial charge in [-0.25, -0.2) is 9.59 Å². The third-order valence-corrected chi connectivity index (χ3v) is 6.91. The average molecular weight is 485 g/mol. The molecule has 1 aromatic rings. The number of amides is 2. The number of carboxylic acids is 1. The first-order valence-corrected chi connectivity index (χ1v) is 12.0. The number of aliphatic carboxylic acids is 1. The number of alkyl halides is 3. The van der Waals surface area contributed by atoms with Crippen LogP contribution in [0.1, 0.15) is 51.0 Å². The van der Waals surface area contributed by atoms with Gasteiger partial charge in [-0.15, -0.1) is 0 Å². The Balaban J connectivity index is 0.000000406. The summed E-state index contributed by atoms with van der Waals surface area (Å²) in [5.74, 6) is -2.76. The van der Waals surface area contributed by atoms with Gasteiger partial charge in [0.2, 0.25) is 0 Å². The van der Waals surface area contributed by atoms with Gasteiger partial charge < -0.3 is 20.2 Å². The lowest BCUT2D eigenvalue weighted by Gasteiger charge is -2.29. The Morgan fingerprint density at radius 2 is 1.71 bits per heavy atom. The van der Waals surface area contributed by atoms with E-state index in [0.717, 1.165) is 50.7 Å². The number of nitrogens with one attached hydrogen (secondary N) is 1. The molecule has 4 rings (SSSR count). The van der Waals surface area contributed by atoms with Crippen LogP contribution in [0.5, 0.6) is 0 Å². The van der Waals surface area contributed by atoms with Gasteiger partial charge in [-0.3, -0.25) is 4.90 Å². The lowest BCUT2D eigenvalue weighted by atomic mass is 10.1. The molecule has 0 aliphatic carbocycles. The first kappa shape index (κ1) is 26.1. The van der Waals surface area contributed by atoms with Gasteiger partial charge in [0, 0.05) is 49.6 Å². The number of likely N-dealkylation sites (tertiary alicyclic amines) is 2. The zero-order chi connectivity index (χ0) is 24.9. The minimum absolute atomic E-state index is 0.0473. The van der Waals surface area contributed by atoms with E-state index in [4.69, 9.17) is 9.90 Å². The van der Waals surface area contributed by atoms with Crippen LogP contribution in [0.3, 0.4) is 0 Å². The number of benzene rings is 1. The molecule has 2 atom stereocenters. The Morgan fingerprint density at radius 1 is 1.03 bits per heavy atom. The topological polar surface area (TPSA) is 76.1 Å². The summed E-state index contributed by atoms with van der Waals surface area (Å²) in [5.41, 5.74) is 3.48. The van der Waals surface area contributed by atoms with Crippen molar-refractivity contribution < 1.29 is 27.9 Å². The highest BCUT2D eigenvalue weighted by Gasteiger charge is 2.38. The monoisotopic (exact) mass is 484 g/mol. The van der Waals surface area contributed by atoms with E-state index in [1.807, 2.05) is 4.90 Å². The van der Waals surface area contributed by atoms with Crippen LogP contribution in [0.15, 0.2) is 18.2 Å². The second-order valence-corrected chi connectivity index (χ2v) is 9.40. The number of anilines is 2. The lowest BCUT2D eigenvalue weighted by Crippen LogP contribution is -2.39. The smallest absolute Gasteiger partial charge is 0.475 e. The molecule has 2 N–H and O–H groups in total. The number of halogens is 3. The van der Waals surface area contributed by atoms with Gasteiger partial charge in [0.25, 0.3) is 0 Å². The van der Waals surface area contributed by atoms with Crippen LogP contribution in [0.4, 0.5) is 29.3 Å². The summed E-state index contributed by atoms with van der Waals surface area (Å²) < 4.78 is 31.7. The van der Waals surface area contributed by atoms with Crippen LogP contribution < -0.4 is 10.2 Å². The minimum atomic E-state index is -5.08. The Kier molecular flexibility index (Phi) is 8.67. The molecule has 7 nitrogen and oxygen atoms in total. The third kappa shape index (κ3) is 6.77. The van der Waals surface area contributed by atoms with Gasteiger partial charge in [-0.1, -0.05) is 0 Å². The normalized spacial score (nSPS) is 23.4. The number of carbonyl (C=O) groups excluding carboxylic acids is 1. The van der Waals surface area contributed by atoms with Crippen molar-refractivity contribution in [3.05, 3.63) is 23.8 Å². The molecule has 3 saturated heterocycles. The summed E-state index contributed by atoms with van der Waals surface area (Å²) in [6.07, 6.45) is 2.36. The van der Waals surface area contributed by atoms with E-state index in [9.17, 15) is 18.0 Å². The molecule has 10 heteroatoms. The number of rotatable bonds is 3. The third-order valence-electron chi connectivity index (χ3n) is 6.91. The maximum Gasteiger partial charge on any atom is 0.490 e. The van der Waals surface area contributed by atoms with Crippen molar-refractivity contribution in [2.75, 3.05) is 42.9 Å². The zero-order valence-electron chi connectivity index (χ0n) is 19.9. The quantitative estimate of drug-likeness (QED) is 0.650. The predicted octanol–water partition coefficient (Wildman–Crippen LogP) is 4.71. The number of nitrogens with zero attached hydrogens (tertiary/aromatic N) is 3. The molecule has 0 aromatic heterocycles. The van der Waals surface area contributed by atoms with Crippen molar-refractivity contribution in [2.24, 2.45) is 0 Å². The Bertz CT molecular complexity index is 858. The fourth-order valence-electron chi connectivity index (χ4n) is 5.12. The van der Waals surface area contributed by atoms with Crippen molar-refractivity contribution in [2.45, 2.75) is 70.6 Å². The zero-order valence-corrected chi connectivity index (χ0v) is 19.9. The number of hydrogen-bond acceptors (Lipinski definition) is 4. The second kappa shape index (κ2) is 11.3. The fraction of sp³-hybridized carbons (Fsp3) is 0.667. The van der Waals surface area contributed by atoms with E-state index in [1.54, 1.807) is 0 Å². The molecule has 3 fully saturated rings. The van der Waals surface area contributed by atoms with Crippen LogP contribution in [-0.2, 0) is 4.79 Å². The van der Waals surface area contributed by atoms with Crippen LogP contribution in [0.2, 0.25) is 0 Å². The minimum Gasteiger partial charge on any atom is -0.475 e. The number of hydrogen-bond donors (Lipinski definition) is 2. The summed E-state index contributed by atoms with van der Waals surface area (Å²) >= 11 is 0. The van der Waals surface area contributed by atoms with Crippen LogP contribution >= 0.6 is 0 Å². The van der Waals surface area contributed by atoms with Crippen molar-refractivity contribution in [1.82, 2.24) is 9.80 Å². The van der Waals surface area contributed by atoms with Gasteiger partial charge in [0.15, 0.2) is 0 Å². The number of aryl methyl sites for hydroxylation is 1. The van der Waals surface area contributed by atoms with Crippen molar-refractivity contribution >= 4 is 23.4 Å². The first-order valence-electron chi connectivity index (χ1n) is 12.0. The second-order valence-electron chi connectivity index (χ2n) is 9.40. The van der Waals surface area contributed by atoms with Gasteiger partial charge >= 0.3 is 18.2 Å². The number of carbonyl (C=O) groups is 2. The molecule has 3 aliphatic rings. The molecule has 3 aliphatic heterocycles. The van der Waals surface area contributed by atoms with E-state index in [0.29, 0.717) is 6.04 Å². The van der Waals surface area contributed by atoms with E-state index in [1.165, 1.54) is 43.5 Å². The average Bonchev–Trinajstić information content (AvgIpc) is 3.43. The highest BCUT2D eigenvalue weighted by atomic mass is 19.4. The van der Waals surface area contributed by atoms with Crippen LogP contribution in [-0.4, -0.2) is 77.9 Å². The van der Waals surface area contributed by atoms with Crippen molar-refractivity contribution in [3.63, 3.8) is 0 Å². The molecule has 0 radical (unpaired) electrons. The summed E-state index contributed by atoms with van der Waals surface area (Å²) in [4.78, 5) is 28.5. The highest BCUT2D eigenvalue weighted by molar-refractivity contribution is 5.89. The van der Waals surface area contributed by atoms with Gasteiger partial charge in [-0.2, -0.15) is 13.2 Å². The largest absolute Gasteiger partial charge is 0.490 e. The van der Waals surface area contributed by atoms with Crippen molar-refractivity contribution in [3.8, 4) is 0 Å². The lowest BCUT2D eigenvalue weighted by molar-refractivity contribution is -0.192. The fourth-order valence-corrected chi connectivity index (χ4v) is 5.12. The molecule has 34 heavy (non-hydrogen) atoms. The standard InChI is InChI=1S/C22H34N4O.C2HF3O2/c1-17-15-19(23-22(27)24-11-4-3-5-12-24)8-9-21(17)25-14-10-20(16-25)26-13-6-7-18(26)2;3-2(4,5)1(6)7/h8-9,15,18,20H,3-7,10-14,16H2,1-2H3,(H,23,27);(H,6,7). The summed E-state index contributed by atoms with van der Waals surface area (Å²) in [5, 5.41) is 10.2. The number of piperidine rings is 1. The van der Waals surface area contributed by atoms with Crippen molar-refractivity contribution in [1.29, 1.82) is 0 Å². The molecule has 0 saturated carbocycles. The molecule has 2 unspecified atom stereocenters. The maximum absolute atomic E-state index is 12.4. The maximum atomic E-state index is 12.4. The molecule has 1 aromatic carbocycles. The molecular formula is C24H35F3N4O3.